The number of alkyl halides is 1. The predicted molar refractivity (Wildman–Crippen MR) is 142 cm³/mol. The third-order valence-corrected chi connectivity index (χ3v) is 8.73. The maximum atomic E-state index is 15.9. The number of carbonyl (C=O) groups is 1. The SMILES string of the molecule is O=C(N1CCC(n2c(-c3ccccn3)nc3cccnc32)CC1)C1(F)CCN(CC2CCCCC2)CC1. The van der Waals surface area contributed by atoms with Gasteiger partial charge in [0.15, 0.2) is 17.1 Å². The van der Waals surface area contributed by atoms with Crippen molar-refractivity contribution in [3.63, 3.8) is 0 Å². The van der Waals surface area contributed by atoms with E-state index in [1.807, 2.05) is 30.3 Å². The Bertz CT molecular complexity index is 1210. The lowest BCUT2D eigenvalue weighted by molar-refractivity contribution is -0.149. The fourth-order valence-corrected chi connectivity index (χ4v) is 6.60. The van der Waals surface area contributed by atoms with Gasteiger partial charge in [0.25, 0.3) is 5.91 Å². The number of imidazole rings is 1. The van der Waals surface area contributed by atoms with Crippen molar-refractivity contribution in [1.29, 1.82) is 0 Å². The molecule has 196 valence electrons. The molecule has 1 saturated carbocycles. The summed E-state index contributed by atoms with van der Waals surface area (Å²) in [6.45, 7) is 3.55. The number of fused-ring (bicyclic) bond motifs is 1. The van der Waals surface area contributed by atoms with Crippen LogP contribution in [0.2, 0.25) is 0 Å². The van der Waals surface area contributed by atoms with Gasteiger partial charge in [-0.15, -0.1) is 0 Å². The van der Waals surface area contributed by atoms with Gasteiger partial charge in [0, 0.05) is 64.0 Å². The molecule has 2 aliphatic heterocycles. The topological polar surface area (TPSA) is 67.2 Å². The first-order valence-electron chi connectivity index (χ1n) is 14.1. The van der Waals surface area contributed by atoms with Crippen LogP contribution in [0.1, 0.15) is 63.8 Å². The highest BCUT2D eigenvalue weighted by Gasteiger charge is 2.45. The number of hydrogen-bond acceptors (Lipinski definition) is 5. The minimum Gasteiger partial charge on any atom is -0.340 e. The molecule has 0 radical (unpaired) electrons. The molecular weight excluding hydrogens is 467 g/mol. The zero-order valence-corrected chi connectivity index (χ0v) is 21.6. The third-order valence-electron chi connectivity index (χ3n) is 8.73. The van der Waals surface area contributed by atoms with Crippen LogP contribution in [0.25, 0.3) is 22.7 Å². The van der Waals surface area contributed by atoms with E-state index in [0.29, 0.717) is 39.0 Å². The number of pyridine rings is 2. The molecule has 0 atom stereocenters. The molecule has 3 aliphatic rings. The van der Waals surface area contributed by atoms with Gasteiger partial charge in [-0.25, -0.2) is 14.4 Å². The molecule has 3 aromatic rings. The number of halogens is 1. The lowest BCUT2D eigenvalue weighted by atomic mass is 9.86. The van der Waals surface area contributed by atoms with Crippen molar-refractivity contribution < 1.29 is 9.18 Å². The molecule has 6 rings (SSSR count). The molecule has 8 heteroatoms. The predicted octanol–water partition coefficient (Wildman–Crippen LogP) is 5.04. The number of piperidine rings is 2. The van der Waals surface area contributed by atoms with Gasteiger partial charge >= 0.3 is 0 Å². The molecule has 0 unspecified atom stereocenters. The summed E-state index contributed by atoms with van der Waals surface area (Å²) in [5, 5.41) is 0. The molecule has 0 aromatic carbocycles. The maximum absolute atomic E-state index is 15.9. The Morgan fingerprint density at radius 2 is 1.68 bits per heavy atom. The fourth-order valence-electron chi connectivity index (χ4n) is 6.60. The van der Waals surface area contributed by atoms with Gasteiger partial charge in [0.05, 0.1) is 0 Å². The molecule has 3 aromatic heterocycles. The highest BCUT2D eigenvalue weighted by molar-refractivity contribution is 5.85. The highest BCUT2D eigenvalue weighted by atomic mass is 19.1. The third kappa shape index (κ3) is 5.00. The Balaban J connectivity index is 1.11. The summed E-state index contributed by atoms with van der Waals surface area (Å²) < 4.78 is 18.1. The standard InChI is InChI=1S/C29H37FN6O/c30-29(13-19-34(20-14-29)21-22-7-2-1-3-8-22)28(37)35-17-11-23(12-18-35)36-26-25(10-6-16-32-26)33-27(36)24-9-4-5-15-31-24/h4-6,9-10,15-16,22-23H,1-3,7-8,11-14,17-21H2. The molecule has 1 amide bonds. The summed E-state index contributed by atoms with van der Waals surface area (Å²) in [6.07, 6.45) is 12.3. The van der Waals surface area contributed by atoms with Gasteiger partial charge < -0.3 is 14.4 Å². The summed E-state index contributed by atoms with van der Waals surface area (Å²) in [5.41, 5.74) is 0.754. The Labute approximate surface area is 218 Å². The molecule has 0 bridgehead atoms. The minimum absolute atomic E-state index is 0.133. The fraction of sp³-hybridized carbons (Fsp3) is 0.586. The number of amides is 1. The van der Waals surface area contributed by atoms with Crippen LogP contribution in [-0.2, 0) is 4.79 Å². The van der Waals surface area contributed by atoms with E-state index in [2.05, 4.69) is 19.4 Å². The zero-order valence-electron chi connectivity index (χ0n) is 21.6. The summed E-state index contributed by atoms with van der Waals surface area (Å²) >= 11 is 0. The minimum atomic E-state index is -1.72. The van der Waals surface area contributed by atoms with Crippen molar-refractivity contribution in [2.75, 3.05) is 32.7 Å². The number of likely N-dealkylation sites (tertiary alicyclic amines) is 2. The average molecular weight is 505 g/mol. The average Bonchev–Trinajstić information content (AvgIpc) is 3.35. The van der Waals surface area contributed by atoms with Crippen molar-refractivity contribution in [3.8, 4) is 11.5 Å². The molecule has 3 fully saturated rings. The second-order valence-electron chi connectivity index (χ2n) is 11.2. The van der Waals surface area contributed by atoms with Crippen LogP contribution in [0.15, 0.2) is 42.7 Å². The Morgan fingerprint density at radius 1 is 0.919 bits per heavy atom. The van der Waals surface area contributed by atoms with E-state index < -0.39 is 5.67 Å². The number of carbonyl (C=O) groups excluding carboxylic acids is 1. The molecule has 5 heterocycles. The van der Waals surface area contributed by atoms with Crippen molar-refractivity contribution in [2.45, 2.75) is 69.5 Å². The monoisotopic (exact) mass is 504 g/mol. The largest absolute Gasteiger partial charge is 0.340 e. The van der Waals surface area contributed by atoms with Crippen LogP contribution in [0.5, 0.6) is 0 Å². The number of hydrogen-bond donors (Lipinski definition) is 0. The van der Waals surface area contributed by atoms with Crippen LogP contribution < -0.4 is 0 Å². The van der Waals surface area contributed by atoms with Crippen LogP contribution in [0.4, 0.5) is 4.39 Å². The van der Waals surface area contributed by atoms with Crippen LogP contribution in [-0.4, -0.2) is 73.6 Å². The zero-order chi connectivity index (χ0) is 25.2. The van der Waals surface area contributed by atoms with E-state index in [4.69, 9.17) is 4.98 Å². The van der Waals surface area contributed by atoms with E-state index in [-0.39, 0.29) is 11.9 Å². The van der Waals surface area contributed by atoms with E-state index in [0.717, 1.165) is 48.0 Å². The first kappa shape index (κ1) is 24.5. The van der Waals surface area contributed by atoms with E-state index in [9.17, 15) is 4.79 Å². The van der Waals surface area contributed by atoms with Gasteiger partial charge in [-0.05, 0) is 55.9 Å². The Hall–Kier alpha value is -2.87. The summed E-state index contributed by atoms with van der Waals surface area (Å²) in [4.78, 5) is 31.5. The second-order valence-corrected chi connectivity index (χ2v) is 11.2. The smallest absolute Gasteiger partial charge is 0.260 e. The lowest BCUT2D eigenvalue weighted by Crippen LogP contribution is -2.54. The van der Waals surface area contributed by atoms with Crippen LogP contribution in [0, 0.1) is 5.92 Å². The first-order chi connectivity index (χ1) is 18.1. The summed E-state index contributed by atoms with van der Waals surface area (Å²) in [5.74, 6) is 1.24. The summed E-state index contributed by atoms with van der Waals surface area (Å²) in [7, 11) is 0. The summed E-state index contributed by atoms with van der Waals surface area (Å²) in [6, 6.07) is 9.81. The van der Waals surface area contributed by atoms with Crippen molar-refractivity contribution >= 4 is 17.1 Å². The maximum Gasteiger partial charge on any atom is 0.260 e. The van der Waals surface area contributed by atoms with Crippen LogP contribution >= 0.6 is 0 Å². The highest BCUT2D eigenvalue weighted by Crippen LogP contribution is 2.35. The normalized spacial score (nSPS) is 21.9. The van der Waals surface area contributed by atoms with E-state index in [1.165, 1.54) is 32.1 Å². The molecular formula is C29H37FN6O. The quantitative estimate of drug-likeness (QED) is 0.487. The van der Waals surface area contributed by atoms with Crippen LogP contribution in [0.3, 0.4) is 0 Å². The lowest BCUT2D eigenvalue weighted by Gasteiger charge is -2.41. The van der Waals surface area contributed by atoms with E-state index >= 15 is 4.39 Å². The van der Waals surface area contributed by atoms with Crippen molar-refractivity contribution in [3.05, 3.63) is 42.7 Å². The molecule has 37 heavy (non-hydrogen) atoms. The van der Waals surface area contributed by atoms with Gasteiger partial charge in [0.1, 0.15) is 11.2 Å². The van der Waals surface area contributed by atoms with Crippen molar-refractivity contribution in [1.82, 2.24) is 29.3 Å². The molecule has 1 aliphatic carbocycles. The molecule has 7 nitrogen and oxygen atoms in total. The second kappa shape index (κ2) is 10.5. The molecule has 0 spiro atoms. The number of rotatable bonds is 5. The molecule has 2 saturated heterocycles. The first-order valence-corrected chi connectivity index (χ1v) is 14.1. The Morgan fingerprint density at radius 3 is 2.41 bits per heavy atom. The van der Waals surface area contributed by atoms with Gasteiger partial charge in [-0.1, -0.05) is 25.3 Å². The number of nitrogens with zero attached hydrogens (tertiary/aromatic N) is 6. The van der Waals surface area contributed by atoms with Gasteiger partial charge in [-0.2, -0.15) is 0 Å². The van der Waals surface area contributed by atoms with Gasteiger partial charge in [0.2, 0.25) is 0 Å². The van der Waals surface area contributed by atoms with Crippen molar-refractivity contribution in [2.24, 2.45) is 5.92 Å². The van der Waals surface area contributed by atoms with E-state index in [1.54, 1.807) is 17.3 Å². The Kier molecular flexibility index (Phi) is 6.93. The molecule has 0 N–H and O–H groups in total. The van der Waals surface area contributed by atoms with Gasteiger partial charge in [-0.3, -0.25) is 9.78 Å². The number of aromatic nitrogens is 4.